The lowest BCUT2D eigenvalue weighted by Gasteiger charge is -1.96. The summed E-state index contributed by atoms with van der Waals surface area (Å²) in [7, 11) is 0. The lowest BCUT2D eigenvalue weighted by Crippen LogP contribution is -1.99. The van der Waals surface area contributed by atoms with Crippen LogP contribution in [0.3, 0.4) is 0 Å². The topological polar surface area (TPSA) is 47.3 Å². The maximum atomic E-state index is 11.2. The molecule has 2 heterocycles. The Kier molecular flexibility index (Phi) is 1.77. The highest BCUT2D eigenvalue weighted by atomic mass is 16.1. The molecule has 2 aromatic heterocycles. The summed E-state index contributed by atoms with van der Waals surface area (Å²) in [4.78, 5) is 19.8. The van der Waals surface area contributed by atoms with Crippen molar-refractivity contribution in [3.05, 3.63) is 42.2 Å². The molecule has 0 N–H and O–H groups in total. The number of imidazole rings is 1. The van der Waals surface area contributed by atoms with Gasteiger partial charge in [0.2, 0.25) is 5.78 Å². The van der Waals surface area contributed by atoms with Crippen LogP contribution in [0.2, 0.25) is 0 Å². The third-order valence-corrected chi connectivity index (χ3v) is 2.54. The summed E-state index contributed by atoms with van der Waals surface area (Å²) in [6, 6.07) is 9.50. The van der Waals surface area contributed by atoms with Crippen LogP contribution in [0.15, 0.2) is 36.5 Å². The molecular formula is C12H9N3O. The Morgan fingerprint density at radius 3 is 2.81 bits per heavy atom. The maximum Gasteiger partial charge on any atom is 0.235 e. The van der Waals surface area contributed by atoms with Gasteiger partial charge < -0.3 is 0 Å². The molecule has 0 fully saturated rings. The predicted octanol–water partition coefficient (Wildman–Crippen LogP) is 2.09. The first-order valence-electron chi connectivity index (χ1n) is 5.00. The average Bonchev–Trinajstić information content (AvgIpc) is 2.66. The zero-order valence-electron chi connectivity index (χ0n) is 8.71. The molecule has 1 aromatic carbocycles. The molecule has 4 nitrogen and oxygen atoms in total. The Morgan fingerprint density at radius 2 is 2.00 bits per heavy atom. The maximum absolute atomic E-state index is 11.2. The van der Waals surface area contributed by atoms with Crippen LogP contribution < -0.4 is 0 Å². The fraction of sp³-hybridized carbons (Fsp3) is 0.0833. The molecule has 0 atom stereocenters. The van der Waals surface area contributed by atoms with Gasteiger partial charge in [-0.1, -0.05) is 12.1 Å². The van der Waals surface area contributed by atoms with Crippen LogP contribution in [0.1, 0.15) is 17.4 Å². The summed E-state index contributed by atoms with van der Waals surface area (Å²) in [6.45, 7) is 1.50. The van der Waals surface area contributed by atoms with E-state index in [0.29, 0.717) is 11.5 Å². The number of hydrogen-bond donors (Lipinski definition) is 0. The van der Waals surface area contributed by atoms with Gasteiger partial charge in [-0.25, -0.2) is 9.97 Å². The number of carbonyl (C=O) groups excluding carboxylic acids is 1. The molecular weight excluding hydrogens is 202 g/mol. The van der Waals surface area contributed by atoms with Gasteiger partial charge in [-0.3, -0.25) is 9.20 Å². The Balaban J connectivity index is 2.41. The number of Topliss-reactive ketones (excluding diaryl/α,β-unsaturated/α-hetero) is 1. The minimum absolute atomic E-state index is 0.0467. The summed E-state index contributed by atoms with van der Waals surface area (Å²) >= 11 is 0. The molecule has 0 aliphatic heterocycles. The number of ketones is 1. The number of fused-ring (bicyclic) bond motifs is 3. The number of carbonyl (C=O) groups is 1. The van der Waals surface area contributed by atoms with Crippen molar-refractivity contribution in [1.29, 1.82) is 0 Å². The normalized spacial score (nSPS) is 11.1. The SMILES string of the molecule is CC(=O)c1ccn2c(n1)nc1ccccc12. The van der Waals surface area contributed by atoms with E-state index in [1.165, 1.54) is 6.92 Å². The number of nitrogens with zero attached hydrogens (tertiary/aromatic N) is 3. The van der Waals surface area contributed by atoms with Gasteiger partial charge in [0.1, 0.15) is 5.69 Å². The molecule has 0 aliphatic carbocycles. The van der Waals surface area contributed by atoms with Crippen molar-refractivity contribution in [3.63, 3.8) is 0 Å². The van der Waals surface area contributed by atoms with Gasteiger partial charge in [0, 0.05) is 13.1 Å². The summed E-state index contributed by atoms with van der Waals surface area (Å²) in [5.74, 6) is 0.517. The second-order valence-corrected chi connectivity index (χ2v) is 3.64. The number of para-hydroxylation sites is 2. The van der Waals surface area contributed by atoms with Crippen LogP contribution >= 0.6 is 0 Å². The van der Waals surface area contributed by atoms with Gasteiger partial charge in [0.25, 0.3) is 0 Å². The highest BCUT2D eigenvalue weighted by Crippen LogP contribution is 2.14. The van der Waals surface area contributed by atoms with Gasteiger partial charge in [-0.2, -0.15) is 0 Å². The number of rotatable bonds is 1. The van der Waals surface area contributed by atoms with Crippen LogP contribution in [0.25, 0.3) is 16.8 Å². The van der Waals surface area contributed by atoms with E-state index in [-0.39, 0.29) is 5.78 Å². The van der Waals surface area contributed by atoms with Crippen molar-refractivity contribution in [3.8, 4) is 0 Å². The molecule has 16 heavy (non-hydrogen) atoms. The minimum Gasteiger partial charge on any atom is -0.293 e. The highest BCUT2D eigenvalue weighted by Gasteiger charge is 2.07. The van der Waals surface area contributed by atoms with Gasteiger partial charge in [0.05, 0.1) is 11.0 Å². The van der Waals surface area contributed by atoms with E-state index in [0.717, 1.165) is 11.0 Å². The zero-order chi connectivity index (χ0) is 11.1. The van der Waals surface area contributed by atoms with Crippen LogP contribution in [0.4, 0.5) is 0 Å². The fourth-order valence-corrected chi connectivity index (χ4v) is 1.74. The molecule has 0 aliphatic rings. The second kappa shape index (κ2) is 3.13. The Morgan fingerprint density at radius 1 is 1.19 bits per heavy atom. The first-order chi connectivity index (χ1) is 7.75. The van der Waals surface area contributed by atoms with Crippen LogP contribution in [-0.2, 0) is 0 Å². The second-order valence-electron chi connectivity index (χ2n) is 3.64. The minimum atomic E-state index is -0.0467. The number of benzene rings is 1. The summed E-state index contributed by atoms with van der Waals surface area (Å²) in [5.41, 5.74) is 2.33. The van der Waals surface area contributed by atoms with E-state index < -0.39 is 0 Å². The van der Waals surface area contributed by atoms with Crippen LogP contribution in [-0.4, -0.2) is 20.2 Å². The summed E-state index contributed by atoms with van der Waals surface area (Å²) in [6.07, 6.45) is 1.83. The van der Waals surface area contributed by atoms with Crippen molar-refractivity contribution in [1.82, 2.24) is 14.4 Å². The largest absolute Gasteiger partial charge is 0.293 e. The molecule has 4 heteroatoms. The molecule has 0 saturated carbocycles. The van der Waals surface area contributed by atoms with Gasteiger partial charge >= 0.3 is 0 Å². The molecule has 0 unspecified atom stereocenters. The fourth-order valence-electron chi connectivity index (χ4n) is 1.74. The van der Waals surface area contributed by atoms with E-state index in [9.17, 15) is 4.79 Å². The Bertz CT molecular complexity index is 700. The number of aromatic nitrogens is 3. The molecule has 78 valence electrons. The van der Waals surface area contributed by atoms with Crippen molar-refractivity contribution < 1.29 is 4.79 Å². The van der Waals surface area contributed by atoms with Crippen molar-refractivity contribution in [2.24, 2.45) is 0 Å². The molecule has 3 aromatic rings. The van der Waals surface area contributed by atoms with E-state index >= 15 is 0 Å². The standard InChI is InChI=1S/C12H9N3O/c1-8(16)9-6-7-15-11-5-3-2-4-10(11)14-12(15)13-9/h2-7H,1H3. The van der Waals surface area contributed by atoms with Crippen molar-refractivity contribution >= 4 is 22.6 Å². The van der Waals surface area contributed by atoms with E-state index in [2.05, 4.69) is 9.97 Å². The first kappa shape index (κ1) is 9.03. The molecule has 0 radical (unpaired) electrons. The average molecular weight is 211 g/mol. The zero-order valence-corrected chi connectivity index (χ0v) is 8.71. The molecule has 0 bridgehead atoms. The first-order valence-corrected chi connectivity index (χ1v) is 5.00. The van der Waals surface area contributed by atoms with Gasteiger partial charge in [-0.15, -0.1) is 0 Å². The molecule has 3 rings (SSSR count). The van der Waals surface area contributed by atoms with Crippen molar-refractivity contribution in [2.75, 3.05) is 0 Å². The Labute approximate surface area is 91.6 Å². The van der Waals surface area contributed by atoms with E-state index in [4.69, 9.17) is 0 Å². The third kappa shape index (κ3) is 1.20. The van der Waals surface area contributed by atoms with Gasteiger partial charge in [-0.05, 0) is 18.2 Å². The highest BCUT2D eigenvalue weighted by molar-refractivity contribution is 5.92. The molecule has 0 amide bonds. The van der Waals surface area contributed by atoms with Crippen molar-refractivity contribution in [2.45, 2.75) is 6.92 Å². The summed E-state index contributed by atoms with van der Waals surface area (Å²) < 4.78 is 1.88. The van der Waals surface area contributed by atoms with Crippen LogP contribution in [0.5, 0.6) is 0 Å². The van der Waals surface area contributed by atoms with E-state index in [1.54, 1.807) is 6.07 Å². The van der Waals surface area contributed by atoms with E-state index in [1.807, 2.05) is 34.9 Å². The van der Waals surface area contributed by atoms with Crippen LogP contribution in [0, 0.1) is 0 Å². The molecule has 0 saturated heterocycles. The monoisotopic (exact) mass is 211 g/mol. The quantitative estimate of drug-likeness (QED) is 0.579. The number of hydrogen-bond acceptors (Lipinski definition) is 3. The third-order valence-electron chi connectivity index (χ3n) is 2.54. The summed E-state index contributed by atoms with van der Waals surface area (Å²) in [5, 5.41) is 0. The molecule has 0 spiro atoms. The van der Waals surface area contributed by atoms with Gasteiger partial charge in [0.15, 0.2) is 5.78 Å². The predicted molar refractivity (Wildman–Crippen MR) is 60.5 cm³/mol. The lowest BCUT2D eigenvalue weighted by molar-refractivity contribution is 0.101. The lowest BCUT2D eigenvalue weighted by atomic mass is 10.3. The smallest absolute Gasteiger partial charge is 0.235 e. The Hall–Kier alpha value is -2.23.